The Morgan fingerprint density at radius 3 is 2.50 bits per heavy atom. The van der Waals surface area contributed by atoms with Gasteiger partial charge in [-0.3, -0.25) is 9.10 Å². The zero-order chi connectivity index (χ0) is 27.6. The normalized spacial score (nSPS) is 14.2. The van der Waals surface area contributed by atoms with Crippen molar-refractivity contribution < 1.29 is 27.1 Å². The lowest BCUT2D eigenvalue weighted by molar-refractivity contribution is -0.110. The first-order chi connectivity index (χ1) is 18.0. The molecule has 0 atom stereocenters. The Bertz CT molecular complexity index is 1520. The summed E-state index contributed by atoms with van der Waals surface area (Å²) in [5.41, 5.74) is 2.35. The number of thiophene rings is 1. The van der Waals surface area contributed by atoms with Gasteiger partial charge in [0.15, 0.2) is 0 Å². The van der Waals surface area contributed by atoms with Gasteiger partial charge in [-0.25, -0.2) is 17.6 Å². The summed E-state index contributed by atoms with van der Waals surface area (Å²) in [5.74, 6) is -1.64. The van der Waals surface area contributed by atoms with E-state index in [-0.39, 0.29) is 18.1 Å². The summed E-state index contributed by atoms with van der Waals surface area (Å²) in [6.45, 7) is 0.498. The molecule has 38 heavy (non-hydrogen) atoms. The smallest absolute Gasteiger partial charge is 0.337 e. The van der Waals surface area contributed by atoms with Gasteiger partial charge in [0.2, 0.25) is 10.0 Å². The monoisotopic (exact) mass is 558 g/mol. The van der Waals surface area contributed by atoms with Crippen molar-refractivity contribution in [2.45, 2.75) is 0 Å². The molecule has 2 N–H and O–H groups in total. The fourth-order valence-electron chi connectivity index (χ4n) is 4.02. The molecule has 4 rings (SSSR count). The number of hydrogen-bond donors (Lipinski definition) is 2. The van der Waals surface area contributed by atoms with Gasteiger partial charge >= 0.3 is 5.97 Å². The molecule has 1 amide bonds. The van der Waals surface area contributed by atoms with Crippen LogP contribution in [0.25, 0.3) is 11.3 Å². The number of methoxy groups -OCH3 is 1. The van der Waals surface area contributed by atoms with Crippen molar-refractivity contribution in [3.05, 3.63) is 75.7 Å². The number of nitrogens with zero attached hydrogens (tertiary/aromatic N) is 2. The number of benzene rings is 2. The number of rotatable bonds is 9. The number of carbonyl (C=O) groups excluding carboxylic acids is 2. The van der Waals surface area contributed by atoms with Gasteiger partial charge in [-0.05, 0) is 55.9 Å². The molecule has 2 aromatic carbocycles. The van der Waals surface area contributed by atoms with Crippen LogP contribution in [0.2, 0.25) is 0 Å². The molecular weight excluding hydrogens is 531 g/mol. The summed E-state index contributed by atoms with van der Waals surface area (Å²) >= 11 is 1.39. The van der Waals surface area contributed by atoms with E-state index in [4.69, 9.17) is 4.74 Å². The topological polar surface area (TPSA) is 108 Å². The number of hydrogen-bond acceptors (Lipinski definition) is 8. The number of esters is 1. The lowest BCUT2D eigenvalue weighted by Gasteiger charge is -2.25. The summed E-state index contributed by atoms with van der Waals surface area (Å²) < 4.78 is 45.8. The van der Waals surface area contributed by atoms with E-state index in [2.05, 4.69) is 10.6 Å². The molecule has 0 fully saturated rings. The van der Waals surface area contributed by atoms with E-state index in [0.717, 1.165) is 15.4 Å². The molecule has 1 aromatic heterocycles. The second-order valence-electron chi connectivity index (χ2n) is 8.86. The number of amides is 1. The van der Waals surface area contributed by atoms with E-state index in [1.54, 1.807) is 38.4 Å². The molecule has 3 aromatic rings. The van der Waals surface area contributed by atoms with Crippen molar-refractivity contribution in [3.8, 4) is 0 Å². The molecule has 0 radical (unpaired) electrons. The summed E-state index contributed by atoms with van der Waals surface area (Å²) in [7, 11) is 1.16. The average molecular weight is 559 g/mol. The van der Waals surface area contributed by atoms with Crippen LogP contribution in [0.1, 0.15) is 20.8 Å². The van der Waals surface area contributed by atoms with Crippen LogP contribution in [0.3, 0.4) is 0 Å². The van der Waals surface area contributed by atoms with E-state index in [9.17, 15) is 18.0 Å². The first-order valence-corrected chi connectivity index (χ1v) is 14.2. The molecule has 1 aliphatic rings. The second-order valence-corrected chi connectivity index (χ2v) is 11.7. The zero-order valence-corrected chi connectivity index (χ0v) is 22.9. The van der Waals surface area contributed by atoms with Gasteiger partial charge in [-0.2, -0.15) is 0 Å². The Hall–Kier alpha value is -3.74. The minimum atomic E-state index is -3.72. The van der Waals surface area contributed by atoms with Gasteiger partial charge in [-0.1, -0.05) is 12.1 Å². The third kappa shape index (κ3) is 5.72. The number of likely N-dealkylation sites (N-methyl/N-ethyl adjacent to an activating group) is 1. The summed E-state index contributed by atoms with van der Waals surface area (Å²) in [5, 5.41) is 7.79. The van der Waals surface area contributed by atoms with Gasteiger partial charge in [-0.15, -0.1) is 11.3 Å². The van der Waals surface area contributed by atoms with Crippen LogP contribution in [0, 0.1) is 5.82 Å². The molecule has 0 unspecified atom stereocenters. The minimum absolute atomic E-state index is 0.0653. The highest BCUT2D eigenvalue weighted by molar-refractivity contribution is 7.92. The fraction of sp³-hybridized carbons (Fsp3) is 0.231. The van der Waals surface area contributed by atoms with Crippen LogP contribution in [0.5, 0.6) is 0 Å². The van der Waals surface area contributed by atoms with Crippen molar-refractivity contribution in [2.75, 3.05) is 55.5 Å². The molecule has 0 aliphatic carbocycles. The molecule has 200 valence electrons. The summed E-state index contributed by atoms with van der Waals surface area (Å²) in [4.78, 5) is 27.6. The predicted octanol–water partition coefficient (Wildman–Crippen LogP) is 3.93. The maximum atomic E-state index is 15.3. The van der Waals surface area contributed by atoms with E-state index >= 15 is 4.39 Å². The van der Waals surface area contributed by atoms with Crippen LogP contribution in [0.4, 0.5) is 21.5 Å². The zero-order valence-electron chi connectivity index (χ0n) is 21.2. The second kappa shape index (κ2) is 10.9. The van der Waals surface area contributed by atoms with E-state index in [1.807, 2.05) is 22.4 Å². The molecule has 0 saturated heterocycles. The highest BCUT2D eigenvalue weighted by Crippen LogP contribution is 2.39. The standard InChI is InChI=1S/C26H27FN4O5S2/c1-30(2)11-12-31(38(4,34)35)21-10-8-17(15-19(21)27)28-24(22-6-5-13-37-22)23-18-9-7-16(26(33)36-3)14-20(18)29-25(23)32/h5-10,13-15,28H,11-12H2,1-4H3,(H,29,32). The van der Waals surface area contributed by atoms with Gasteiger partial charge < -0.3 is 20.3 Å². The van der Waals surface area contributed by atoms with Crippen molar-refractivity contribution in [3.63, 3.8) is 0 Å². The first kappa shape index (κ1) is 27.3. The predicted molar refractivity (Wildman–Crippen MR) is 148 cm³/mol. The van der Waals surface area contributed by atoms with Crippen molar-refractivity contribution >= 4 is 61.6 Å². The third-order valence-electron chi connectivity index (χ3n) is 5.84. The third-order valence-corrected chi connectivity index (χ3v) is 7.91. The molecule has 0 saturated carbocycles. The lowest BCUT2D eigenvalue weighted by atomic mass is 10.0. The van der Waals surface area contributed by atoms with E-state index < -0.39 is 21.8 Å². The molecule has 1 aliphatic heterocycles. The average Bonchev–Trinajstić information content (AvgIpc) is 3.49. The maximum Gasteiger partial charge on any atom is 0.337 e. The van der Waals surface area contributed by atoms with Gasteiger partial charge in [0.05, 0.1) is 46.5 Å². The number of sulfonamides is 1. The minimum Gasteiger partial charge on any atom is -0.465 e. The quantitative estimate of drug-likeness (QED) is 0.303. The Balaban J connectivity index is 1.75. The molecule has 0 spiro atoms. The maximum absolute atomic E-state index is 15.3. The van der Waals surface area contributed by atoms with Crippen LogP contribution >= 0.6 is 11.3 Å². The Morgan fingerprint density at radius 2 is 1.89 bits per heavy atom. The van der Waals surface area contributed by atoms with Crippen LogP contribution < -0.4 is 14.9 Å². The van der Waals surface area contributed by atoms with Crippen molar-refractivity contribution in [1.29, 1.82) is 0 Å². The van der Waals surface area contributed by atoms with Crippen LogP contribution in [-0.4, -0.2) is 65.7 Å². The molecule has 2 heterocycles. The molecule has 0 bridgehead atoms. The lowest BCUT2D eigenvalue weighted by Crippen LogP contribution is -2.36. The first-order valence-electron chi connectivity index (χ1n) is 11.5. The summed E-state index contributed by atoms with van der Waals surface area (Å²) in [6.07, 6.45) is 1.04. The number of halogens is 1. The highest BCUT2D eigenvalue weighted by atomic mass is 32.2. The molecule has 12 heteroatoms. The van der Waals surface area contributed by atoms with Gasteiger partial charge in [0.1, 0.15) is 5.82 Å². The Kier molecular flexibility index (Phi) is 7.86. The van der Waals surface area contributed by atoms with Crippen LogP contribution in [0.15, 0.2) is 53.9 Å². The van der Waals surface area contributed by atoms with E-state index in [1.165, 1.54) is 30.6 Å². The van der Waals surface area contributed by atoms with Crippen LogP contribution in [-0.2, 0) is 19.6 Å². The molecule has 9 nitrogen and oxygen atoms in total. The number of nitrogens with one attached hydrogen (secondary N) is 2. The van der Waals surface area contributed by atoms with Crippen molar-refractivity contribution in [2.24, 2.45) is 0 Å². The Morgan fingerprint density at radius 1 is 1.13 bits per heavy atom. The van der Waals surface area contributed by atoms with Gasteiger partial charge in [0, 0.05) is 24.3 Å². The molecular formula is C26H27FN4O5S2. The summed E-state index contributed by atoms with van der Waals surface area (Å²) in [6, 6.07) is 12.6. The largest absolute Gasteiger partial charge is 0.465 e. The number of ether oxygens (including phenoxy) is 1. The Labute approximate surface area is 224 Å². The highest BCUT2D eigenvalue weighted by Gasteiger charge is 2.30. The number of carbonyl (C=O) groups is 2. The number of fused-ring (bicyclic) bond motifs is 1. The fourth-order valence-corrected chi connectivity index (χ4v) is 5.67. The van der Waals surface area contributed by atoms with Gasteiger partial charge in [0.25, 0.3) is 5.91 Å². The van der Waals surface area contributed by atoms with E-state index in [0.29, 0.717) is 40.3 Å². The number of anilines is 3. The SMILES string of the molecule is COC(=O)c1ccc2c(c1)NC(=O)C2=C(Nc1ccc(N(CCN(C)C)S(C)(=O)=O)c(F)c1)c1cccs1. The van der Waals surface area contributed by atoms with Crippen molar-refractivity contribution in [1.82, 2.24) is 4.90 Å².